The molecule has 164 valence electrons. The molecule has 0 aliphatic rings. The average molecular weight is 441 g/mol. The van der Waals surface area contributed by atoms with Gasteiger partial charge in [0.05, 0.1) is 27.3 Å². The van der Waals surface area contributed by atoms with Crippen molar-refractivity contribution in [3.63, 3.8) is 0 Å². The Morgan fingerprint density at radius 1 is 0.935 bits per heavy atom. The Morgan fingerprint density at radius 2 is 1.65 bits per heavy atom. The summed E-state index contributed by atoms with van der Waals surface area (Å²) in [6.45, 7) is 6.45. The molecule has 0 radical (unpaired) electrons. The van der Waals surface area contributed by atoms with Gasteiger partial charge in [0.2, 0.25) is 10.0 Å². The second-order valence-corrected chi connectivity index (χ2v) is 9.03. The number of anilines is 1. The molecule has 3 aromatic rings. The number of unbranched alkanes of at least 4 members (excludes halogenated alkanes) is 1. The highest BCUT2D eigenvalue weighted by molar-refractivity contribution is 7.89. The third kappa shape index (κ3) is 5.45. The number of carbonyl (C=O) groups is 1. The monoisotopic (exact) mass is 440 g/mol. The lowest BCUT2D eigenvalue weighted by molar-refractivity contribution is 0.102. The molecule has 0 unspecified atom stereocenters. The molecule has 0 aliphatic carbocycles. The first kappa shape index (κ1) is 22.8. The van der Waals surface area contributed by atoms with E-state index in [1.807, 2.05) is 20.8 Å². The zero-order chi connectivity index (χ0) is 22.4. The zero-order valence-electron chi connectivity index (χ0n) is 18.1. The van der Waals surface area contributed by atoms with Crippen LogP contribution in [0.4, 0.5) is 5.69 Å². The second-order valence-electron chi connectivity index (χ2n) is 7.26. The normalized spacial score (nSPS) is 11.6. The number of aromatic nitrogens is 2. The summed E-state index contributed by atoms with van der Waals surface area (Å²) in [4.78, 5) is 22.2. The van der Waals surface area contributed by atoms with Crippen molar-refractivity contribution in [3.8, 4) is 0 Å². The predicted molar refractivity (Wildman–Crippen MR) is 123 cm³/mol. The van der Waals surface area contributed by atoms with Gasteiger partial charge in [-0.05, 0) is 55.7 Å². The number of benzene rings is 2. The van der Waals surface area contributed by atoms with Gasteiger partial charge in [-0.2, -0.15) is 0 Å². The quantitative estimate of drug-likeness (QED) is 0.488. The largest absolute Gasteiger partial charge is 0.322 e. The molecule has 8 heteroatoms. The van der Waals surface area contributed by atoms with E-state index in [4.69, 9.17) is 0 Å². The van der Waals surface area contributed by atoms with Crippen molar-refractivity contribution < 1.29 is 13.2 Å². The van der Waals surface area contributed by atoms with E-state index < -0.39 is 10.0 Å². The molecular formula is C23H28N4O3S. The van der Waals surface area contributed by atoms with Crippen molar-refractivity contribution in [2.45, 2.75) is 51.3 Å². The van der Waals surface area contributed by atoms with E-state index >= 15 is 0 Å². The molecule has 3 rings (SSSR count). The smallest absolute Gasteiger partial charge is 0.255 e. The number of fused-ring (bicyclic) bond motifs is 1. The molecule has 1 amide bonds. The molecule has 7 nitrogen and oxygen atoms in total. The number of sulfonamides is 1. The molecule has 1 heterocycles. The van der Waals surface area contributed by atoms with Crippen molar-refractivity contribution in [3.05, 3.63) is 59.4 Å². The molecule has 31 heavy (non-hydrogen) atoms. The molecular weight excluding hydrogens is 412 g/mol. The van der Waals surface area contributed by atoms with E-state index in [2.05, 4.69) is 20.0 Å². The molecule has 0 saturated carbocycles. The van der Waals surface area contributed by atoms with E-state index in [0.29, 0.717) is 23.3 Å². The number of carbonyl (C=O) groups excluding carboxylic acids is 1. The van der Waals surface area contributed by atoms with Crippen LogP contribution in [0.25, 0.3) is 11.0 Å². The van der Waals surface area contributed by atoms with Crippen LogP contribution in [0.1, 0.15) is 55.4 Å². The summed E-state index contributed by atoms with van der Waals surface area (Å²) in [5, 5.41) is 2.77. The summed E-state index contributed by atoms with van der Waals surface area (Å²) in [7, 11) is -3.62. The van der Waals surface area contributed by atoms with Crippen LogP contribution in [-0.2, 0) is 22.9 Å². The first-order valence-electron chi connectivity index (χ1n) is 10.6. The highest BCUT2D eigenvalue weighted by atomic mass is 32.2. The number of hydrogen-bond acceptors (Lipinski definition) is 5. The Morgan fingerprint density at radius 3 is 2.32 bits per heavy atom. The summed E-state index contributed by atoms with van der Waals surface area (Å²) < 4.78 is 27.4. The fourth-order valence-corrected chi connectivity index (χ4v) is 4.37. The molecule has 1 aromatic heterocycles. The van der Waals surface area contributed by atoms with Crippen LogP contribution in [0.5, 0.6) is 0 Å². The molecule has 0 fully saturated rings. The third-order valence-electron chi connectivity index (χ3n) is 4.98. The highest BCUT2D eigenvalue weighted by Crippen LogP contribution is 2.19. The minimum atomic E-state index is -3.62. The molecule has 0 spiro atoms. The van der Waals surface area contributed by atoms with Gasteiger partial charge in [-0.1, -0.05) is 33.3 Å². The van der Waals surface area contributed by atoms with Gasteiger partial charge < -0.3 is 5.32 Å². The average Bonchev–Trinajstić information content (AvgIpc) is 2.78. The number of aryl methyl sites for hydroxylation is 2. The van der Waals surface area contributed by atoms with E-state index in [-0.39, 0.29) is 10.8 Å². The number of rotatable bonds is 9. The Labute approximate surface area is 183 Å². The first-order valence-corrected chi connectivity index (χ1v) is 12.1. The summed E-state index contributed by atoms with van der Waals surface area (Å²) >= 11 is 0. The minimum Gasteiger partial charge on any atom is -0.322 e. The van der Waals surface area contributed by atoms with E-state index in [9.17, 15) is 13.2 Å². The summed E-state index contributed by atoms with van der Waals surface area (Å²) in [5.74, 6) is -0.338. The molecule has 0 bridgehead atoms. The van der Waals surface area contributed by atoms with Gasteiger partial charge in [0.25, 0.3) is 5.91 Å². The molecule has 0 atom stereocenters. The number of amides is 1. The summed E-state index contributed by atoms with van der Waals surface area (Å²) in [6, 6.07) is 11.4. The topological polar surface area (TPSA) is 101 Å². The highest BCUT2D eigenvalue weighted by Gasteiger charge is 2.15. The SMILES string of the molecule is CCCCNS(=O)(=O)c1cccc(NC(=O)c2ccc3nc(CC)c(CC)nc3c2)c1. The Hall–Kier alpha value is -2.84. The van der Waals surface area contributed by atoms with E-state index in [0.717, 1.165) is 42.6 Å². The Bertz CT molecular complexity index is 1190. The zero-order valence-corrected chi connectivity index (χ0v) is 18.9. The van der Waals surface area contributed by atoms with Crippen molar-refractivity contribution in [1.82, 2.24) is 14.7 Å². The molecule has 0 aliphatic heterocycles. The minimum absolute atomic E-state index is 0.116. The van der Waals surface area contributed by atoms with Crippen LogP contribution in [0, 0.1) is 0 Å². The maximum Gasteiger partial charge on any atom is 0.255 e. The van der Waals surface area contributed by atoms with Gasteiger partial charge >= 0.3 is 0 Å². The van der Waals surface area contributed by atoms with E-state index in [1.165, 1.54) is 12.1 Å². The van der Waals surface area contributed by atoms with Gasteiger partial charge in [0.1, 0.15) is 0 Å². The number of nitrogens with zero attached hydrogens (tertiary/aromatic N) is 2. The number of nitrogens with one attached hydrogen (secondary N) is 2. The summed E-state index contributed by atoms with van der Waals surface area (Å²) in [5.41, 5.74) is 4.15. The van der Waals surface area contributed by atoms with Gasteiger partial charge in [0, 0.05) is 17.8 Å². The van der Waals surface area contributed by atoms with Crippen LogP contribution in [0.3, 0.4) is 0 Å². The fourth-order valence-electron chi connectivity index (χ4n) is 3.25. The van der Waals surface area contributed by atoms with E-state index in [1.54, 1.807) is 30.3 Å². The van der Waals surface area contributed by atoms with Gasteiger partial charge in [-0.15, -0.1) is 0 Å². The lowest BCUT2D eigenvalue weighted by Crippen LogP contribution is -2.24. The first-order chi connectivity index (χ1) is 14.9. The van der Waals surface area contributed by atoms with Gasteiger partial charge in [0.15, 0.2) is 0 Å². The maximum atomic E-state index is 12.8. The van der Waals surface area contributed by atoms with Crippen LogP contribution < -0.4 is 10.0 Å². The predicted octanol–water partition coefficient (Wildman–Crippen LogP) is 4.09. The van der Waals surface area contributed by atoms with Crippen molar-refractivity contribution in [1.29, 1.82) is 0 Å². The Kier molecular flexibility index (Phi) is 7.35. The maximum absolute atomic E-state index is 12.8. The number of hydrogen-bond donors (Lipinski definition) is 2. The van der Waals surface area contributed by atoms with Crippen LogP contribution >= 0.6 is 0 Å². The lowest BCUT2D eigenvalue weighted by atomic mass is 10.1. The standard InChI is InChI=1S/C23H28N4O3S/c1-4-7-13-24-31(29,30)18-10-8-9-17(15-18)25-23(28)16-11-12-21-22(14-16)27-20(6-3)19(5-2)26-21/h8-12,14-15,24H,4-7,13H2,1-3H3,(H,25,28). The van der Waals surface area contributed by atoms with Crippen molar-refractivity contribution >= 4 is 32.7 Å². The van der Waals surface area contributed by atoms with Gasteiger partial charge in [-0.3, -0.25) is 4.79 Å². The molecule has 0 saturated heterocycles. The second kappa shape index (κ2) is 9.98. The lowest BCUT2D eigenvalue weighted by Gasteiger charge is -2.10. The van der Waals surface area contributed by atoms with Crippen LogP contribution in [-0.4, -0.2) is 30.8 Å². The third-order valence-corrected chi connectivity index (χ3v) is 6.43. The summed E-state index contributed by atoms with van der Waals surface area (Å²) in [6.07, 6.45) is 3.24. The van der Waals surface area contributed by atoms with Crippen LogP contribution in [0.2, 0.25) is 0 Å². The van der Waals surface area contributed by atoms with Crippen molar-refractivity contribution in [2.75, 3.05) is 11.9 Å². The molecule has 2 N–H and O–H groups in total. The van der Waals surface area contributed by atoms with Crippen LogP contribution in [0.15, 0.2) is 47.4 Å². The van der Waals surface area contributed by atoms with Gasteiger partial charge in [-0.25, -0.2) is 23.1 Å². The fraction of sp³-hybridized carbons (Fsp3) is 0.348. The molecule has 2 aromatic carbocycles. The van der Waals surface area contributed by atoms with Crippen molar-refractivity contribution in [2.24, 2.45) is 0 Å². The Balaban J connectivity index is 1.82.